The van der Waals surface area contributed by atoms with Crippen molar-refractivity contribution in [2.75, 3.05) is 0 Å². The van der Waals surface area contributed by atoms with Gasteiger partial charge in [-0.25, -0.2) is 0 Å². The quantitative estimate of drug-likeness (QED) is 0.518. The molecular weight excluding hydrogens is 120 g/mol. The maximum absolute atomic E-state index is 2.37. The van der Waals surface area contributed by atoms with E-state index >= 15 is 0 Å². The van der Waals surface area contributed by atoms with Gasteiger partial charge in [-0.3, -0.25) is 0 Å². The molecule has 0 nitrogen and oxygen atoms in total. The fourth-order valence-corrected chi connectivity index (χ4v) is 1.36. The first-order chi connectivity index (χ1) is 4.79. The van der Waals surface area contributed by atoms with E-state index in [1.807, 2.05) is 0 Å². The van der Waals surface area contributed by atoms with Crippen molar-refractivity contribution in [1.82, 2.24) is 0 Å². The monoisotopic (exact) mass is 136 g/mol. The van der Waals surface area contributed by atoms with Gasteiger partial charge in [0.2, 0.25) is 0 Å². The molecule has 1 aliphatic carbocycles. The first-order valence-corrected chi connectivity index (χ1v) is 4.13. The van der Waals surface area contributed by atoms with Gasteiger partial charge in [0.25, 0.3) is 0 Å². The Morgan fingerprint density at radius 3 is 2.70 bits per heavy atom. The van der Waals surface area contributed by atoms with Gasteiger partial charge in [0.1, 0.15) is 0 Å². The minimum absolute atomic E-state index is 1.29. The minimum atomic E-state index is 1.29. The van der Waals surface area contributed by atoms with Crippen molar-refractivity contribution in [1.29, 1.82) is 0 Å². The van der Waals surface area contributed by atoms with Gasteiger partial charge >= 0.3 is 0 Å². The Bertz CT molecular complexity index is 157. The van der Waals surface area contributed by atoms with Crippen LogP contribution >= 0.6 is 0 Å². The van der Waals surface area contributed by atoms with E-state index in [9.17, 15) is 0 Å². The van der Waals surface area contributed by atoms with Crippen LogP contribution in [0.3, 0.4) is 0 Å². The molecule has 0 aromatic carbocycles. The topological polar surface area (TPSA) is 0 Å². The van der Waals surface area contributed by atoms with Crippen molar-refractivity contribution in [2.24, 2.45) is 0 Å². The third-order valence-corrected chi connectivity index (χ3v) is 1.80. The van der Waals surface area contributed by atoms with Crippen LogP contribution < -0.4 is 0 Å². The maximum Gasteiger partial charge on any atom is -0.0282 e. The smallest absolute Gasteiger partial charge is 0.0282 e. The van der Waals surface area contributed by atoms with Crippen LogP contribution in [0.1, 0.15) is 39.5 Å². The van der Waals surface area contributed by atoms with E-state index in [0.29, 0.717) is 0 Å². The minimum Gasteiger partial charge on any atom is -0.0813 e. The summed E-state index contributed by atoms with van der Waals surface area (Å²) in [6.07, 6.45) is 10.0. The van der Waals surface area contributed by atoms with Crippen LogP contribution in [-0.2, 0) is 0 Å². The average Bonchev–Trinajstić information content (AvgIpc) is 1.88. The Morgan fingerprint density at radius 1 is 1.40 bits per heavy atom. The molecule has 0 aliphatic heterocycles. The molecule has 0 aromatic heterocycles. The molecule has 0 heteroatoms. The highest BCUT2D eigenvalue weighted by Gasteiger charge is 1.99. The Kier molecular flexibility index (Phi) is 2.73. The van der Waals surface area contributed by atoms with Crippen LogP contribution in [-0.4, -0.2) is 0 Å². The number of allylic oxidation sites excluding steroid dienone is 4. The van der Waals surface area contributed by atoms with Gasteiger partial charge in [-0.1, -0.05) is 23.3 Å². The molecule has 0 spiro atoms. The highest BCUT2D eigenvalue weighted by molar-refractivity contribution is 5.22. The van der Waals surface area contributed by atoms with Gasteiger partial charge < -0.3 is 0 Å². The largest absolute Gasteiger partial charge is 0.0813 e. The second kappa shape index (κ2) is 3.60. The SMILES string of the molecule is CC(C)=CC1=CCCCC1. The lowest BCUT2D eigenvalue weighted by molar-refractivity contribution is 0.711. The zero-order valence-corrected chi connectivity index (χ0v) is 6.98. The standard InChI is InChI=1S/C10H16/c1-9(2)8-10-6-4-3-5-7-10/h6,8H,3-5,7H2,1-2H3. The molecule has 10 heavy (non-hydrogen) atoms. The van der Waals surface area contributed by atoms with Crippen LogP contribution in [0.4, 0.5) is 0 Å². The van der Waals surface area contributed by atoms with E-state index in [1.165, 1.54) is 31.3 Å². The summed E-state index contributed by atoms with van der Waals surface area (Å²) in [6.45, 7) is 4.32. The van der Waals surface area contributed by atoms with E-state index in [2.05, 4.69) is 26.0 Å². The zero-order valence-electron chi connectivity index (χ0n) is 6.98. The van der Waals surface area contributed by atoms with Crippen LogP contribution in [0.25, 0.3) is 0 Å². The first-order valence-electron chi connectivity index (χ1n) is 4.13. The summed E-state index contributed by atoms with van der Waals surface area (Å²) in [5, 5.41) is 0. The summed E-state index contributed by atoms with van der Waals surface area (Å²) in [6, 6.07) is 0. The van der Waals surface area contributed by atoms with Crippen molar-refractivity contribution < 1.29 is 0 Å². The van der Waals surface area contributed by atoms with Crippen molar-refractivity contribution in [3.05, 3.63) is 23.3 Å². The van der Waals surface area contributed by atoms with E-state index in [1.54, 1.807) is 5.57 Å². The molecule has 0 unspecified atom stereocenters. The van der Waals surface area contributed by atoms with Gasteiger partial charge in [0.15, 0.2) is 0 Å². The summed E-state index contributed by atoms with van der Waals surface area (Å²) in [7, 11) is 0. The average molecular weight is 136 g/mol. The zero-order chi connectivity index (χ0) is 7.40. The van der Waals surface area contributed by atoms with Crippen molar-refractivity contribution >= 4 is 0 Å². The van der Waals surface area contributed by atoms with Crippen LogP contribution in [0.2, 0.25) is 0 Å². The maximum atomic E-state index is 2.37. The van der Waals surface area contributed by atoms with Gasteiger partial charge in [-0.15, -0.1) is 0 Å². The van der Waals surface area contributed by atoms with Gasteiger partial charge in [-0.2, -0.15) is 0 Å². The van der Waals surface area contributed by atoms with Gasteiger partial charge in [0, 0.05) is 0 Å². The highest BCUT2D eigenvalue weighted by Crippen LogP contribution is 2.18. The van der Waals surface area contributed by atoms with Crippen molar-refractivity contribution in [2.45, 2.75) is 39.5 Å². The van der Waals surface area contributed by atoms with Gasteiger partial charge in [0.05, 0.1) is 0 Å². The molecule has 0 fully saturated rings. The van der Waals surface area contributed by atoms with Crippen molar-refractivity contribution in [3.8, 4) is 0 Å². The summed E-state index contributed by atoms with van der Waals surface area (Å²) >= 11 is 0. The summed E-state index contributed by atoms with van der Waals surface area (Å²) in [4.78, 5) is 0. The molecule has 0 atom stereocenters. The molecule has 1 aliphatic rings. The molecule has 0 heterocycles. The van der Waals surface area contributed by atoms with Crippen molar-refractivity contribution in [3.63, 3.8) is 0 Å². The predicted octanol–water partition coefficient (Wildman–Crippen LogP) is 3.45. The Hall–Kier alpha value is -0.520. The third kappa shape index (κ3) is 2.38. The van der Waals surface area contributed by atoms with Gasteiger partial charge in [-0.05, 0) is 39.5 Å². The fourth-order valence-electron chi connectivity index (χ4n) is 1.36. The lowest BCUT2D eigenvalue weighted by atomic mass is 9.98. The molecular formula is C10H16. The number of rotatable bonds is 1. The highest BCUT2D eigenvalue weighted by atomic mass is 14.0. The summed E-state index contributed by atoms with van der Waals surface area (Å²) in [5.74, 6) is 0. The number of hydrogen-bond donors (Lipinski definition) is 0. The lowest BCUT2D eigenvalue weighted by Crippen LogP contribution is -1.88. The molecule has 0 saturated heterocycles. The van der Waals surface area contributed by atoms with Crippen LogP contribution in [0.5, 0.6) is 0 Å². The Balaban J connectivity index is 2.54. The molecule has 0 bridgehead atoms. The Morgan fingerprint density at radius 2 is 2.20 bits per heavy atom. The number of hydrogen-bond acceptors (Lipinski definition) is 0. The van der Waals surface area contributed by atoms with E-state index in [-0.39, 0.29) is 0 Å². The molecule has 0 saturated carbocycles. The first kappa shape index (κ1) is 7.59. The molecule has 0 N–H and O–H groups in total. The van der Waals surface area contributed by atoms with Crippen LogP contribution in [0.15, 0.2) is 23.3 Å². The molecule has 0 radical (unpaired) electrons. The van der Waals surface area contributed by atoms with E-state index < -0.39 is 0 Å². The molecule has 1 rings (SSSR count). The fraction of sp³-hybridized carbons (Fsp3) is 0.600. The van der Waals surface area contributed by atoms with E-state index in [0.717, 1.165) is 0 Å². The lowest BCUT2D eigenvalue weighted by Gasteiger charge is -2.08. The normalized spacial score (nSPS) is 18.0. The second-order valence-corrected chi connectivity index (χ2v) is 3.25. The van der Waals surface area contributed by atoms with Crippen LogP contribution in [0, 0.1) is 0 Å². The van der Waals surface area contributed by atoms with E-state index in [4.69, 9.17) is 0 Å². The molecule has 0 aromatic rings. The Labute approximate surface area is 63.6 Å². The second-order valence-electron chi connectivity index (χ2n) is 3.25. The molecule has 0 amide bonds. The predicted molar refractivity (Wildman–Crippen MR) is 46.0 cm³/mol. The third-order valence-electron chi connectivity index (χ3n) is 1.80. The molecule has 56 valence electrons. The summed E-state index contributed by atoms with van der Waals surface area (Å²) in [5.41, 5.74) is 2.97. The summed E-state index contributed by atoms with van der Waals surface area (Å²) < 4.78 is 0.